The Labute approximate surface area is 54.4 Å². The lowest BCUT2D eigenvalue weighted by Crippen LogP contribution is -2.02. The first-order chi connectivity index (χ1) is 4.16. The standard InChI is InChI=1S/C5H11N2O2/c1-3-5(2)4-6-7(8)9/h5H,3-4H2,1-2H3/q-1. The molecule has 9 heavy (non-hydrogen) atoms. The fraction of sp³-hybridized carbons (Fsp3) is 1.00. The molecule has 0 fully saturated rings. The molecule has 0 aliphatic carbocycles. The molecule has 0 aromatic carbocycles. The van der Waals surface area contributed by atoms with Crippen molar-refractivity contribution < 1.29 is 5.03 Å². The molecule has 4 heteroatoms. The minimum Gasteiger partial charge on any atom is -0.379 e. The first-order valence-corrected chi connectivity index (χ1v) is 2.98. The monoisotopic (exact) mass is 131 g/mol. The van der Waals surface area contributed by atoms with E-state index in [0.29, 0.717) is 12.5 Å². The molecule has 0 bridgehead atoms. The normalized spacial score (nSPS) is 12.7. The summed E-state index contributed by atoms with van der Waals surface area (Å²) >= 11 is 0. The van der Waals surface area contributed by atoms with Crippen LogP contribution in [0.1, 0.15) is 20.3 Å². The molecular formula is C5H11N2O2-. The largest absolute Gasteiger partial charge is 0.379 e. The third-order valence-corrected chi connectivity index (χ3v) is 1.21. The molecule has 1 atom stereocenters. The summed E-state index contributed by atoms with van der Waals surface area (Å²) in [7, 11) is 0. The molecule has 54 valence electrons. The molecule has 0 saturated heterocycles. The number of rotatable bonds is 4. The molecule has 0 radical (unpaired) electrons. The molecule has 0 aliphatic heterocycles. The summed E-state index contributed by atoms with van der Waals surface area (Å²) in [4.78, 5) is 9.66. The highest BCUT2D eigenvalue weighted by molar-refractivity contribution is 4.65. The average Bonchev–Trinajstić information content (AvgIpc) is 1.83. The molecule has 4 nitrogen and oxygen atoms in total. The van der Waals surface area contributed by atoms with Crippen LogP contribution in [0.2, 0.25) is 0 Å². The maximum absolute atomic E-state index is 9.66. The summed E-state index contributed by atoms with van der Waals surface area (Å²) in [5, 5.41) is 9.03. The summed E-state index contributed by atoms with van der Waals surface area (Å²) in [5.41, 5.74) is 3.12. The van der Waals surface area contributed by atoms with Crippen LogP contribution in [0, 0.1) is 16.0 Å². The Morgan fingerprint density at radius 1 is 1.78 bits per heavy atom. The van der Waals surface area contributed by atoms with Gasteiger partial charge in [0.1, 0.15) is 0 Å². The zero-order valence-corrected chi connectivity index (χ0v) is 5.70. The summed E-state index contributed by atoms with van der Waals surface area (Å²) in [5.74, 6) is 0.329. The molecule has 0 N–H and O–H groups in total. The van der Waals surface area contributed by atoms with Crippen LogP contribution in [0.3, 0.4) is 0 Å². The number of hydrogen-bond acceptors (Lipinski definition) is 2. The van der Waals surface area contributed by atoms with Crippen LogP contribution in [0.4, 0.5) is 0 Å². The van der Waals surface area contributed by atoms with Crippen molar-refractivity contribution in [1.82, 2.24) is 0 Å². The van der Waals surface area contributed by atoms with Crippen LogP contribution in [0.15, 0.2) is 0 Å². The Kier molecular flexibility index (Phi) is 3.75. The van der Waals surface area contributed by atoms with E-state index >= 15 is 0 Å². The third kappa shape index (κ3) is 5.06. The lowest BCUT2D eigenvalue weighted by Gasteiger charge is -2.13. The predicted molar refractivity (Wildman–Crippen MR) is 34.7 cm³/mol. The van der Waals surface area contributed by atoms with Crippen LogP contribution in [0.5, 0.6) is 0 Å². The van der Waals surface area contributed by atoms with Crippen molar-refractivity contribution in [3.05, 3.63) is 15.5 Å². The molecule has 1 unspecified atom stereocenters. The highest BCUT2D eigenvalue weighted by atomic mass is 16.7. The van der Waals surface area contributed by atoms with Crippen molar-refractivity contribution in [3.8, 4) is 0 Å². The van der Waals surface area contributed by atoms with E-state index < -0.39 is 5.03 Å². The maximum Gasteiger partial charge on any atom is -0.0127 e. The SMILES string of the molecule is CCC(C)C[N-][N+](=O)[O-]. The van der Waals surface area contributed by atoms with Gasteiger partial charge in [-0.05, 0) is 5.03 Å². The van der Waals surface area contributed by atoms with Crippen molar-refractivity contribution in [2.75, 3.05) is 6.54 Å². The molecule has 0 aromatic rings. The molecular weight excluding hydrogens is 120 g/mol. The van der Waals surface area contributed by atoms with Gasteiger partial charge in [-0.25, -0.2) is 0 Å². The molecule has 0 rings (SSSR count). The van der Waals surface area contributed by atoms with Gasteiger partial charge in [0.15, 0.2) is 0 Å². The van der Waals surface area contributed by atoms with Gasteiger partial charge in [-0.15, -0.1) is 0 Å². The summed E-state index contributed by atoms with van der Waals surface area (Å²) in [6.45, 7) is 4.26. The Morgan fingerprint density at radius 3 is 2.67 bits per heavy atom. The van der Waals surface area contributed by atoms with Gasteiger partial charge in [-0.1, -0.05) is 32.7 Å². The third-order valence-electron chi connectivity index (χ3n) is 1.21. The van der Waals surface area contributed by atoms with Gasteiger partial charge in [0.2, 0.25) is 0 Å². The Balaban J connectivity index is 3.16. The fourth-order valence-corrected chi connectivity index (χ4v) is 0.335. The van der Waals surface area contributed by atoms with Crippen LogP contribution in [-0.4, -0.2) is 11.6 Å². The summed E-state index contributed by atoms with van der Waals surface area (Å²) in [6, 6.07) is 0. The van der Waals surface area contributed by atoms with Gasteiger partial charge in [0.25, 0.3) is 0 Å². The van der Waals surface area contributed by atoms with Crippen molar-refractivity contribution in [2.24, 2.45) is 5.92 Å². The highest BCUT2D eigenvalue weighted by Gasteiger charge is 1.91. The quantitative estimate of drug-likeness (QED) is 0.429. The van der Waals surface area contributed by atoms with Crippen molar-refractivity contribution in [2.45, 2.75) is 20.3 Å². The molecule has 0 spiro atoms. The Morgan fingerprint density at radius 2 is 2.33 bits per heavy atom. The second kappa shape index (κ2) is 4.12. The van der Waals surface area contributed by atoms with Gasteiger partial charge >= 0.3 is 0 Å². The van der Waals surface area contributed by atoms with Gasteiger partial charge in [0, 0.05) is 0 Å². The summed E-state index contributed by atoms with van der Waals surface area (Å²) < 4.78 is 0. The van der Waals surface area contributed by atoms with E-state index in [9.17, 15) is 10.1 Å². The maximum atomic E-state index is 9.66. The topological polar surface area (TPSA) is 57.2 Å². The minimum atomic E-state index is -0.633. The Hall–Kier alpha value is -0.800. The van der Waals surface area contributed by atoms with E-state index in [0.717, 1.165) is 6.42 Å². The van der Waals surface area contributed by atoms with Crippen molar-refractivity contribution in [3.63, 3.8) is 0 Å². The Bertz CT molecular complexity index is 95.0. The second-order valence-electron chi connectivity index (χ2n) is 2.08. The molecule has 0 aliphatic rings. The second-order valence-corrected chi connectivity index (χ2v) is 2.08. The smallest absolute Gasteiger partial charge is 0.0127 e. The zero-order chi connectivity index (χ0) is 7.28. The van der Waals surface area contributed by atoms with Crippen LogP contribution in [-0.2, 0) is 0 Å². The van der Waals surface area contributed by atoms with Crippen molar-refractivity contribution in [1.29, 1.82) is 0 Å². The van der Waals surface area contributed by atoms with E-state index in [2.05, 4.69) is 5.43 Å². The summed E-state index contributed by atoms with van der Waals surface area (Å²) in [6.07, 6.45) is 0.942. The molecule has 0 saturated carbocycles. The first kappa shape index (κ1) is 8.20. The van der Waals surface area contributed by atoms with E-state index in [1.54, 1.807) is 0 Å². The predicted octanol–water partition coefficient (Wildman–Crippen LogP) is 1.60. The van der Waals surface area contributed by atoms with E-state index in [1.165, 1.54) is 0 Å². The fourth-order valence-electron chi connectivity index (χ4n) is 0.335. The van der Waals surface area contributed by atoms with Gasteiger partial charge in [-0.2, -0.15) is 0 Å². The minimum absolute atomic E-state index is 0.329. The molecule has 0 amide bonds. The van der Waals surface area contributed by atoms with E-state index in [4.69, 9.17) is 0 Å². The lowest BCUT2D eigenvalue weighted by atomic mass is 10.1. The lowest BCUT2D eigenvalue weighted by molar-refractivity contribution is -0.427. The first-order valence-electron chi connectivity index (χ1n) is 2.98. The van der Waals surface area contributed by atoms with Crippen LogP contribution in [0.25, 0.3) is 5.43 Å². The van der Waals surface area contributed by atoms with Gasteiger partial charge in [-0.3, -0.25) is 10.1 Å². The van der Waals surface area contributed by atoms with E-state index in [1.807, 2.05) is 13.8 Å². The number of nitro groups is 1. The number of hydrogen-bond donors (Lipinski definition) is 0. The van der Waals surface area contributed by atoms with E-state index in [-0.39, 0.29) is 0 Å². The zero-order valence-electron chi connectivity index (χ0n) is 5.70. The average molecular weight is 131 g/mol. The van der Waals surface area contributed by atoms with Crippen molar-refractivity contribution >= 4 is 0 Å². The van der Waals surface area contributed by atoms with Gasteiger partial charge in [0.05, 0.1) is 0 Å². The number of nitrogens with zero attached hydrogens (tertiary/aromatic N) is 2. The molecule has 0 aromatic heterocycles. The van der Waals surface area contributed by atoms with Crippen LogP contribution >= 0.6 is 0 Å². The molecule has 0 heterocycles. The van der Waals surface area contributed by atoms with Gasteiger partial charge < -0.3 is 5.43 Å². The van der Waals surface area contributed by atoms with Crippen LogP contribution < -0.4 is 0 Å². The highest BCUT2D eigenvalue weighted by Crippen LogP contribution is 2.03.